The molecule has 182 valence electrons. The van der Waals surface area contributed by atoms with Gasteiger partial charge in [0.15, 0.2) is 0 Å². The Hall–Kier alpha value is -3.26. The lowest BCUT2D eigenvalue weighted by Gasteiger charge is -2.23. The van der Waals surface area contributed by atoms with Crippen molar-refractivity contribution in [2.45, 2.75) is 63.1 Å². The van der Waals surface area contributed by atoms with Gasteiger partial charge in [-0.25, -0.2) is 0 Å². The Bertz CT molecular complexity index is 686. The van der Waals surface area contributed by atoms with E-state index in [0.29, 0.717) is 25.8 Å². The van der Waals surface area contributed by atoms with Crippen LogP contribution in [0.15, 0.2) is 0 Å². The van der Waals surface area contributed by atoms with Crippen molar-refractivity contribution in [3.05, 3.63) is 0 Å². The first-order valence-electron chi connectivity index (χ1n) is 10.0. The quantitative estimate of drug-likeness (QED) is 0.100. The van der Waals surface area contributed by atoms with Crippen LogP contribution in [-0.2, 0) is 28.8 Å². The molecule has 0 saturated heterocycles. The molecule has 0 saturated carbocycles. The Morgan fingerprint density at radius 1 is 0.750 bits per heavy atom. The molecule has 0 bridgehead atoms. The number of nitrogens with one attached hydrogen (secondary N) is 3. The minimum Gasteiger partial charge on any atom is -0.481 e. The molecule has 0 aliphatic rings. The number of unbranched alkanes of at least 4 members (excludes halogenated alkanes) is 1. The fraction of sp³-hybridized carbons (Fsp3) is 0.667. The summed E-state index contributed by atoms with van der Waals surface area (Å²) in [5.74, 6) is -5.76. The Labute approximate surface area is 184 Å². The zero-order valence-electron chi connectivity index (χ0n) is 17.7. The van der Waals surface area contributed by atoms with Crippen LogP contribution < -0.4 is 33.2 Å². The Morgan fingerprint density at radius 3 is 1.84 bits per heavy atom. The SMILES string of the molecule is NCCCCC(N)C(=O)NC(CCC(N)=O)C(=O)NC(CCC(=O)O)C(=O)NCC(=O)O. The van der Waals surface area contributed by atoms with Crippen molar-refractivity contribution in [3.63, 3.8) is 0 Å². The number of aliphatic carboxylic acids is 2. The van der Waals surface area contributed by atoms with Gasteiger partial charge in [0.2, 0.25) is 23.6 Å². The van der Waals surface area contributed by atoms with E-state index in [2.05, 4.69) is 16.0 Å². The Kier molecular flexibility index (Phi) is 13.9. The first kappa shape index (κ1) is 28.7. The van der Waals surface area contributed by atoms with Crippen molar-refractivity contribution in [1.29, 1.82) is 0 Å². The number of amides is 4. The number of carboxylic acid groups (broad SMARTS) is 2. The molecule has 0 radical (unpaired) electrons. The molecule has 0 aliphatic carbocycles. The van der Waals surface area contributed by atoms with Crippen LogP contribution in [-0.4, -0.2) is 77.0 Å². The van der Waals surface area contributed by atoms with Crippen LogP contribution in [0, 0.1) is 0 Å². The third-order valence-corrected chi connectivity index (χ3v) is 4.31. The van der Waals surface area contributed by atoms with Gasteiger partial charge in [0, 0.05) is 12.8 Å². The second-order valence-electron chi connectivity index (χ2n) is 7.06. The van der Waals surface area contributed by atoms with E-state index in [1.807, 2.05) is 0 Å². The number of hydrogen-bond donors (Lipinski definition) is 8. The number of carbonyl (C=O) groups is 6. The third kappa shape index (κ3) is 13.1. The fourth-order valence-electron chi connectivity index (χ4n) is 2.57. The van der Waals surface area contributed by atoms with E-state index in [1.54, 1.807) is 0 Å². The molecule has 0 aromatic heterocycles. The van der Waals surface area contributed by atoms with Crippen molar-refractivity contribution in [2.24, 2.45) is 17.2 Å². The number of carboxylic acids is 2. The molecule has 0 spiro atoms. The van der Waals surface area contributed by atoms with Gasteiger partial charge in [-0.2, -0.15) is 0 Å². The lowest BCUT2D eigenvalue weighted by Crippen LogP contribution is -2.56. The molecule has 4 amide bonds. The van der Waals surface area contributed by atoms with E-state index in [9.17, 15) is 28.8 Å². The van der Waals surface area contributed by atoms with E-state index in [1.165, 1.54) is 0 Å². The van der Waals surface area contributed by atoms with Crippen LogP contribution >= 0.6 is 0 Å². The second-order valence-corrected chi connectivity index (χ2v) is 7.06. The summed E-state index contributed by atoms with van der Waals surface area (Å²) >= 11 is 0. The summed E-state index contributed by atoms with van der Waals surface area (Å²) in [6, 6.07) is -3.61. The summed E-state index contributed by atoms with van der Waals surface area (Å²) < 4.78 is 0. The first-order valence-corrected chi connectivity index (χ1v) is 10.0. The molecule has 14 nitrogen and oxygen atoms in total. The normalized spacial score (nSPS) is 13.3. The predicted octanol–water partition coefficient (Wildman–Crippen LogP) is -3.26. The van der Waals surface area contributed by atoms with Crippen molar-refractivity contribution in [1.82, 2.24) is 16.0 Å². The highest BCUT2D eigenvalue weighted by Crippen LogP contribution is 2.05. The highest BCUT2D eigenvalue weighted by molar-refractivity contribution is 5.94. The van der Waals surface area contributed by atoms with Crippen LogP contribution in [0.25, 0.3) is 0 Å². The Morgan fingerprint density at radius 2 is 1.31 bits per heavy atom. The molecular formula is C18H32N6O8. The average molecular weight is 460 g/mol. The van der Waals surface area contributed by atoms with Crippen LogP contribution in [0.1, 0.15) is 44.9 Å². The number of hydrogen-bond acceptors (Lipinski definition) is 8. The maximum absolute atomic E-state index is 12.7. The summed E-state index contributed by atoms with van der Waals surface area (Å²) in [5, 5.41) is 24.3. The molecule has 0 fully saturated rings. The second kappa shape index (κ2) is 15.5. The lowest BCUT2D eigenvalue weighted by atomic mass is 10.1. The summed E-state index contributed by atoms with van der Waals surface area (Å²) in [5.41, 5.74) is 16.3. The fourth-order valence-corrected chi connectivity index (χ4v) is 2.57. The van der Waals surface area contributed by atoms with Crippen LogP contribution in [0.5, 0.6) is 0 Å². The van der Waals surface area contributed by atoms with Crippen LogP contribution in [0.2, 0.25) is 0 Å². The zero-order chi connectivity index (χ0) is 24.7. The third-order valence-electron chi connectivity index (χ3n) is 4.31. The van der Waals surface area contributed by atoms with Gasteiger partial charge in [-0.1, -0.05) is 6.42 Å². The number of rotatable bonds is 17. The van der Waals surface area contributed by atoms with Crippen LogP contribution in [0.4, 0.5) is 0 Å². The molecule has 11 N–H and O–H groups in total. The van der Waals surface area contributed by atoms with Gasteiger partial charge in [0.1, 0.15) is 18.6 Å². The van der Waals surface area contributed by atoms with E-state index in [4.69, 9.17) is 27.4 Å². The highest BCUT2D eigenvalue weighted by atomic mass is 16.4. The monoisotopic (exact) mass is 460 g/mol. The van der Waals surface area contributed by atoms with Crippen molar-refractivity contribution < 1.29 is 39.0 Å². The molecule has 0 aliphatic heterocycles. The van der Waals surface area contributed by atoms with E-state index in [-0.39, 0.29) is 19.3 Å². The minimum absolute atomic E-state index is 0.190. The van der Waals surface area contributed by atoms with Gasteiger partial charge in [0.25, 0.3) is 0 Å². The van der Waals surface area contributed by atoms with Gasteiger partial charge in [0.05, 0.1) is 6.04 Å². The smallest absolute Gasteiger partial charge is 0.322 e. The summed E-state index contributed by atoms with van der Waals surface area (Å²) in [6.07, 6.45) is 0.285. The predicted molar refractivity (Wildman–Crippen MR) is 111 cm³/mol. The molecule has 0 rings (SSSR count). The van der Waals surface area contributed by atoms with Crippen molar-refractivity contribution in [3.8, 4) is 0 Å². The molecule has 0 aromatic carbocycles. The molecule has 0 heterocycles. The summed E-state index contributed by atoms with van der Waals surface area (Å²) in [4.78, 5) is 69.8. The number of nitrogens with two attached hydrogens (primary N) is 3. The van der Waals surface area contributed by atoms with E-state index < -0.39 is 66.7 Å². The van der Waals surface area contributed by atoms with Gasteiger partial charge in [-0.15, -0.1) is 0 Å². The maximum Gasteiger partial charge on any atom is 0.322 e. The largest absolute Gasteiger partial charge is 0.481 e. The van der Waals surface area contributed by atoms with E-state index in [0.717, 1.165) is 0 Å². The summed E-state index contributed by atoms with van der Waals surface area (Å²) in [6.45, 7) is -0.308. The standard InChI is InChI=1S/C18H32N6O8/c19-8-2-1-3-10(20)16(30)23-12(4-6-13(21)25)18(32)24-11(5-7-14(26)27)17(31)22-9-15(28)29/h10-12H,1-9,19-20H2,(H2,21,25)(H,22,31)(H,23,30)(H,24,32)(H,26,27)(H,28,29). The molecule has 3 unspecified atom stereocenters. The van der Waals surface area contributed by atoms with E-state index >= 15 is 0 Å². The minimum atomic E-state index is -1.39. The van der Waals surface area contributed by atoms with Gasteiger partial charge < -0.3 is 43.4 Å². The average Bonchev–Trinajstić information content (AvgIpc) is 2.71. The zero-order valence-corrected chi connectivity index (χ0v) is 17.7. The van der Waals surface area contributed by atoms with Gasteiger partial charge in [-0.3, -0.25) is 28.8 Å². The van der Waals surface area contributed by atoms with Gasteiger partial charge >= 0.3 is 11.9 Å². The molecule has 32 heavy (non-hydrogen) atoms. The maximum atomic E-state index is 12.7. The topological polar surface area (TPSA) is 257 Å². The first-order chi connectivity index (χ1) is 15.0. The number of primary amides is 1. The molecule has 3 atom stereocenters. The molecule has 14 heteroatoms. The lowest BCUT2D eigenvalue weighted by molar-refractivity contribution is -0.140. The Balaban J connectivity index is 5.28. The van der Waals surface area contributed by atoms with Crippen LogP contribution in [0.3, 0.4) is 0 Å². The molecule has 0 aromatic rings. The highest BCUT2D eigenvalue weighted by Gasteiger charge is 2.28. The van der Waals surface area contributed by atoms with Crippen molar-refractivity contribution in [2.75, 3.05) is 13.1 Å². The molecular weight excluding hydrogens is 428 g/mol. The van der Waals surface area contributed by atoms with Crippen molar-refractivity contribution >= 4 is 35.6 Å². The van der Waals surface area contributed by atoms with Gasteiger partial charge in [-0.05, 0) is 32.2 Å². The summed E-state index contributed by atoms with van der Waals surface area (Å²) in [7, 11) is 0. The number of carbonyl (C=O) groups excluding carboxylic acids is 4.